The molecule has 1 spiro atoms. The first kappa shape index (κ1) is 21.3. The Bertz CT molecular complexity index is 1010. The van der Waals surface area contributed by atoms with E-state index in [1.54, 1.807) is 24.3 Å². The number of nitrogens with zero attached hydrogens (tertiary/aromatic N) is 1. The van der Waals surface area contributed by atoms with Crippen molar-refractivity contribution in [1.29, 1.82) is 0 Å². The molecule has 2 aromatic carbocycles. The van der Waals surface area contributed by atoms with Gasteiger partial charge in [0, 0.05) is 31.0 Å². The van der Waals surface area contributed by atoms with Gasteiger partial charge < -0.3 is 9.57 Å². The number of aryl methyl sites for hydroxylation is 1. The Balaban J connectivity index is 1.80. The van der Waals surface area contributed by atoms with Crippen molar-refractivity contribution in [3.05, 3.63) is 58.1 Å². The third-order valence-electron chi connectivity index (χ3n) is 6.26. The van der Waals surface area contributed by atoms with E-state index in [0.29, 0.717) is 36.5 Å². The molecule has 0 aliphatic carbocycles. The van der Waals surface area contributed by atoms with Crippen LogP contribution in [-0.2, 0) is 24.0 Å². The molecule has 0 bridgehead atoms. The Morgan fingerprint density at radius 1 is 1.03 bits per heavy atom. The van der Waals surface area contributed by atoms with Crippen LogP contribution in [0.5, 0.6) is 0 Å². The van der Waals surface area contributed by atoms with E-state index in [0.717, 1.165) is 22.3 Å². The number of alkyl halides is 1. The summed E-state index contributed by atoms with van der Waals surface area (Å²) >= 11 is 12.9. The number of ketones is 1. The first-order valence-electron chi connectivity index (χ1n) is 9.86. The highest BCUT2D eigenvalue weighted by Gasteiger charge is 2.66. The quantitative estimate of drug-likeness (QED) is 0.391. The molecular weight excluding hydrogens is 425 g/mol. The van der Waals surface area contributed by atoms with Crippen LogP contribution in [-0.4, -0.2) is 42.6 Å². The molecule has 5 nitrogen and oxygen atoms in total. The molecule has 2 saturated heterocycles. The highest BCUT2D eigenvalue weighted by atomic mass is 35.5. The first-order chi connectivity index (χ1) is 14.2. The van der Waals surface area contributed by atoms with Crippen molar-refractivity contribution >= 4 is 35.0 Å². The molecule has 2 aliphatic rings. The predicted octanol–water partition coefficient (Wildman–Crippen LogP) is 4.58. The van der Waals surface area contributed by atoms with E-state index in [9.17, 15) is 9.59 Å². The van der Waals surface area contributed by atoms with Gasteiger partial charge in [0.15, 0.2) is 5.60 Å². The number of halogens is 2. The van der Waals surface area contributed by atoms with Gasteiger partial charge >= 0.3 is 5.97 Å². The van der Waals surface area contributed by atoms with Gasteiger partial charge in [-0.15, -0.1) is 0 Å². The van der Waals surface area contributed by atoms with Crippen LogP contribution in [0.2, 0.25) is 5.02 Å². The number of carbonyl (C=O) groups is 2. The molecule has 0 N–H and O–H groups in total. The van der Waals surface area contributed by atoms with Gasteiger partial charge in [-0.2, -0.15) is 5.06 Å². The van der Waals surface area contributed by atoms with Gasteiger partial charge in [-0.1, -0.05) is 47.5 Å². The lowest BCUT2D eigenvalue weighted by atomic mass is 9.78. The number of hydrogen-bond acceptors (Lipinski definition) is 5. The van der Waals surface area contributed by atoms with Crippen molar-refractivity contribution in [1.82, 2.24) is 5.06 Å². The van der Waals surface area contributed by atoms with Crippen molar-refractivity contribution < 1.29 is 19.2 Å². The number of piperidine rings is 1. The average Bonchev–Trinajstić information content (AvgIpc) is 2.91. The topological polar surface area (TPSA) is 55.8 Å². The van der Waals surface area contributed by atoms with Crippen LogP contribution in [0.25, 0.3) is 11.1 Å². The normalized spacial score (nSPS) is 23.8. The molecule has 0 aromatic heterocycles. The average molecular weight is 448 g/mol. The molecule has 2 fully saturated rings. The van der Waals surface area contributed by atoms with E-state index < -0.39 is 16.4 Å². The minimum atomic E-state index is -1.86. The second kappa shape index (κ2) is 7.65. The first-order valence-corrected chi connectivity index (χ1v) is 10.6. The van der Waals surface area contributed by atoms with Gasteiger partial charge in [-0.3, -0.25) is 4.79 Å². The molecule has 1 atom stereocenters. The summed E-state index contributed by atoms with van der Waals surface area (Å²) in [6.07, 6.45) is 0.712. The number of ether oxygens (including phenoxy) is 1. The second-order valence-corrected chi connectivity index (χ2v) is 8.92. The summed E-state index contributed by atoms with van der Waals surface area (Å²) in [5.74, 6) is -1.07. The summed E-state index contributed by atoms with van der Waals surface area (Å²) in [4.78, 5) is 30.1. The maximum atomic E-state index is 13.7. The van der Waals surface area contributed by atoms with Gasteiger partial charge in [0.05, 0.1) is 7.11 Å². The van der Waals surface area contributed by atoms with Gasteiger partial charge in [-0.25, -0.2) is 4.79 Å². The third kappa shape index (κ3) is 3.16. The van der Waals surface area contributed by atoms with Crippen LogP contribution in [0.1, 0.15) is 29.5 Å². The van der Waals surface area contributed by atoms with E-state index in [2.05, 4.69) is 0 Å². The summed E-state index contributed by atoms with van der Waals surface area (Å²) < 4.78 is 5.72. The SMILES string of the molecule is CON1CCC2(CC1)OC(=O)C(Cl)(c1c(C)ccc(-c3ccc(Cl)cc3)c1C)C2=O. The van der Waals surface area contributed by atoms with Crippen LogP contribution in [0.15, 0.2) is 36.4 Å². The van der Waals surface area contributed by atoms with Crippen LogP contribution in [0, 0.1) is 13.8 Å². The fraction of sp³-hybridized carbons (Fsp3) is 0.391. The van der Waals surface area contributed by atoms with E-state index >= 15 is 0 Å². The van der Waals surface area contributed by atoms with Gasteiger partial charge in [0.1, 0.15) is 0 Å². The van der Waals surface area contributed by atoms with Crippen LogP contribution < -0.4 is 0 Å². The fourth-order valence-corrected chi connectivity index (χ4v) is 5.22. The van der Waals surface area contributed by atoms with Crippen molar-refractivity contribution in [2.24, 2.45) is 0 Å². The van der Waals surface area contributed by atoms with E-state index in [4.69, 9.17) is 32.8 Å². The predicted molar refractivity (Wildman–Crippen MR) is 116 cm³/mol. The largest absolute Gasteiger partial charge is 0.449 e. The van der Waals surface area contributed by atoms with Crippen molar-refractivity contribution in [3.8, 4) is 11.1 Å². The minimum Gasteiger partial charge on any atom is -0.449 e. The van der Waals surface area contributed by atoms with Gasteiger partial charge in [0.2, 0.25) is 10.7 Å². The lowest BCUT2D eigenvalue weighted by molar-refractivity contribution is -0.184. The Labute approximate surface area is 185 Å². The highest BCUT2D eigenvalue weighted by Crippen LogP contribution is 2.50. The molecule has 4 rings (SSSR count). The zero-order valence-electron chi connectivity index (χ0n) is 17.1. The van der Waals surface area contributed by atoms with Crippen molar-refractivity contribution in [2.75, 3.05) is 20.2 Å². The summed E-state index contributed by atoms with van der Waals surface area (Å²) in [5, 5.41) is 2.38. The number of Topliss-reactive ketones (excluding diaryl/α,β-unsaturated/α-hetero) is 1. The zero-order chi connectivity index (χ0) is 21.7. The summed E-state index contributed by atoms with van der Waals surface area (Å²) in [7, 11) is 1.58. The molecule has 2 aromatic rings. The second-order valence-electron chi connectivity index (χ2n) is 7.92. The maximum absolute atomic E-state index is 13.7. The van der Waals surface area contributed by atoms with E-state index in [-0.39, 0.29) is 5.78 Å². The zero-order valence-corrected chi connectivity index (χ0v) is 18.6. The Morgan fingerprint density at radius 2 is 1.67 bits per heavy atom. The molecule has 0 radical (unpaired) electrons. The van der Waals surface area contributed by atoms with Crippen LogP contribution in [0.3, 0.4) is 0 Å². The molecular formula is C23H23Cl2NO4. The Kier molecular flexibility index (Phi) is 5.43. The van der Waals surface area contributed by atoms with Crippen LogP contribution in [0.4, 0.5) is 0 Å². The highest BCUT2D eigenvalue weighted by molar-refractivity contribution is 6.48. The number of hydroxylamine groups is 2. The molecule has 30 heavy (non-hydrogen) atoms. The Hall–Kier alpha value is -1.92. The maximum Gasteiger partial charge on any atom is 0.340 e. The van der Waals surface area contributed by atoms with Crippen molar-refractivity contribution in [2.45, 2.75) is 37.2 Å². The van der Waals surface area contributed by atoms with E-state index in [1.165, 1.54) is 0 Å². The third-order valence-corrected chi connectivity index (χ3v) is 7.02. The lowest BCUT2D eigenvalue weighted by Gasteiger charge is -2.35. The molecule has 0 saturated carbocycles. The smallest absolute Gasteiger partial charge is 0.340 e. The standard InChI is InChI=1S/C23H23Cl2NO4/c1-14-4-9-18(16-5-7-17(24)8-6-16)15(2)19(14)23(25)20(27)22(30-21(23)28)10-12-26(29-3)13-11-22/h4-9H,10-13H2,1-3H3. The summed E-state index contributed by atoms with van der Waals surface area (Å²) in [6.45, 7) is 4.73. The number of carbonyl (C=O) groups excluding carboxylic acids is 2. The molecule has 2 heterocycles. The van der Waals surface area contributed by atoms with Crippen LogP contribution >= 0.6 is 23.2 Å². The molecule has 2 aliphatic heterocycles. The fourth-order valence-electron chi connectivity index (χ4n) is 4.59. The van der Waals surface area contributed by atoms with Gasteiger partial charge in [0.25, 0.3) is 0 Å². The summed E-state index contributed by atoms with van der Waals surface area (Å²) in [6, 6.07) is 11.3. The molecule has 158 valence electrons. The Morgan fingerprint density at radius 3 is 2.27 bits per heavy atom. The molecule has 1 unspecified atom stereocenters. The van der Waals surface area contributed by atoms with Crippen molar-refractivity contribution in [3.63, 3.8) is 0 Å². The minimum absolute atomic E-state index is 0.356. The monoisotopic (exact) mass is 447 g/mol. The number of rotatable bonds is 3. The van der Waals surface area contributed by atoms with Gasteiger partial charge in [-0.05, 0) is 53.8 Å². The lowest BCUT2D eigenvalue weighted by Crippen LogP contribution is -2.50. The van der Waals surface area contributed by atoms with E-state index in [1.807, 2.05) is 38.1 Å². The number of hydrogen-bond donors (Lipinski definition) is 0. The number of benzene rings is 2. The molecule has 7 heteroatoms. The number of esters is 1. The molecule has 0 amide bonds. The summed E-state index contributed by atoms with van der Waals surface area (Å²) in [5.41, 5.74) is 2.69.